The number of hydrogen-bond donors (Lipinski definition) is 0. The minimum atomic E-state index is 0. The zero-order valence-electron chi connectivity index (χ0n) is 3.84. The van der Waals surface area contributed by atoms with Gasteiger partial charge in [-0.05, 0) is 0 Å². The van der Waals surface area contributed by atoms with Crippen LogP contribution in [0.4, 0.5) is 0 Å². The van der Waals surface area contributed by atoms with Gasteiger partial charge in [-0.2, -0.15) is 0 Å². The molecule has 0 aliphatic heterocycles. The first-order chi connectivity index (χ1) is 1.00. The summed E-state index contributed by atoms with van der Waals surface area (Å²) in [5.41, 5.74) is 0. The fourth-order valence-corrected chi connectivity index (χ4v) is 0. The molecule has 0 saturated heterocycles. The van der Waals surface area contributed by atoms with Gasteiger partial charge >= 0.3 is 65.6 Å². The van der Waals surface area contributed by atoms with Crippen LogP contribution < -0.4 is 0 Å². The van der Waals surface area contributed by atoms with Crippen molar-refractivity contribution >= 4 is 25.8 Å². The number of hydrogen-bond acceptors (Lipinski definition) is 1. The molecule has 0 N–H and O–H groups in total. The molecule has 0 aliphatic rings. The summed E-state index contributed by atoms with van der Waals surface area (Å²) < 4.78 is 8.39. The van der Waals surface area contributed by atoms with Crippen molar-refractivity contribution < 1.29 is 67.2 Å². The Bertz CT molecular complexity index is 11.0. The van der Waals surface area contributed by atoms with Gasteiger partial charge in [0.1, 0.15) is 0 Å². The van der Waals surface area contributed by atoms with Gasteiger partial charge in [0.25, 0.3) is 0 Å². The summed E-state index contributed by atoms with van der Waals surface area (Å²) in [6, 6.07) is 0. The predicted molar refractivity (Wildman–Crippen MR) is 9.87 cm³/mol. The largest absolute Gasteiger partial charge is 5.00 e. The Kier molecular flexibility index (Phi) is 3940. The zero-order valence-corrected chi connectivity index (χ0v) is 10.5. The molecule has 0 atom stereocenters. The van der Waals surface area contributed by atoms with Crippen molar-refractivity contribution in [3.05, 3.63) is 0 Å². The molecule has 0 unspecified atom stereocenters. The third kappa shape index (κ3) is 200. The van der Waals surface area contributed by atoms with Gasteiger partial charge in [0.15, 0.2) is 0 Å². The van der Waals surface area contributed by atoms with Gasteiger partial charge < -0.3 is 27.4 Å². The van der Waals surface area contributed by atoms with E-state index < -0.39 is 0 Å². The molecular weight excluding hydrogens is 405 g/mol. The summed E-state index contributed by atoms with van der Waals surface area (Å²) in [5.74, 6) is 0. The minimum Gasteiger partial charge on any atom is 5.00 e. The fourth-order valence-electron chi connectivity index (χ4n) is 0. The Morgan fingerprint density at radius 2 is 0.556 bits per heavy atom. The quantitative estimate of drug-likeness (QED) is 0.461. The van der Waals surface area contributed by atoms with Crippen LogP contribution in [0, 0.1) is 0 Å². The molecule has 6 nitrogen and oxygen atoms in total. The monoisotopic (exact) mass is 406 g/mol. The molecule has 0 saturated carbocycles. The Morgan fingerprint density at radius 1 is 0.556 bits per heavy atom. The first kappa shape index (κ1) is 139. The van der Waals surface area contributed by atoms with E-state index in [-0.39, 0.29) is 90.3 Å². The summed E-state index contributed by atoms with van der Waals surface area (Å²) in [6.45, 7) is 0. The van der Waals surface area contributed by atoms with Crippen LogP contribution >= 0.6 is 0 Å². The molecule has 9 heavy (non-hydrogen) atoms. The molecule has 0 heterocycles. The van der Waals surface area contributed by atoms with E-state index in [1.54, 1.807) is 0 Å². The Morgan fingerprint density at radius 3 is 0.556 bits per heavy atom. The van der Waals surface area contributed by atoms with Crippen molar-refractivity contribution in [3.63, 3.8) is 0 Å². The van der Waals surface area contributed by atoms with Gasteiger partial charge in [-0.3, -0.25) is 0 Å². The first-order valence-corrected chi connectivity index (χ1v) is 1.79. The van der Waals surface area contributed by atoms with E-state index in [9.17, 15) is 0 Å². The van der Waals surface area contributed by atoms with E-state index >= 15 is 0 Å². The fraction of sp³-hybridized carbons (Fsp3) is 0. The predicted octanol–water partition coefficient (Wildman–Crippen LogP) is -1.10. The van der Waals surface area contributed by atoms with E-state index in [2.05, 4.69) is 0 Å². The van der Waals surface area contributed by atoms with Gasteiger partial charge in [-0.1, -0.05) is 0 Å². The van der Waals surface area contributed by atoms with Crippen LogP contribution in [0.1, 0.15) is 0 Å². The van der Waals surface area contributed by atoms with Gasteiger partial charge in [0.05, 0.1) is 0 Å². The van der Waals surface area contributed by atoms with Crippen molar-refractivity contribution in [2.24, 2.45) is 0 Å². The second-order valence-electron chi connectivity index (χ2n) is 0. The summed E-state index contributed by atoms with van der Waals surface area (Å²) in [6.07, 6.45) is 0. The Hall–Kier alpha value is 1.69. The molecule has 0 aliphatic carbocycles. The summed E-state index contributed by atoms with van der Waals surface area (Å²) >= 11 is 0.0556. The molecular formula is O6PbV2. The SMILES string of the molecule is [O-2].[O-2].[O-2].[O-2].[O-2].[O]=[Pb].[V+5].[V+5]. The molecule has 0 aromatic heterocycles. The molecule has 0 rings (SSSR count). The third-order valence-electron chi connectivity index (χ3n) is 0. The van der Waals surface area contributed by atoms with Crippen LogP contribution in [0.15, 0.2) is 0 Å². The van der Waals surface area contributed by atoms with Crippen LogP contribution in [0.3, 0.4) is 0 Å². The summed E-state index contributed by atoms with van der Waals surface area (Å²) in [4.78, 5) is 0. The van der Waals surface area contributed by atoms with E-state index in [0.29, 0.717) is 0 Å². The van der Waals surface area contributed by atoms with Gasteiger partial charge in [0, 0.05) is 0 Å². The van der Waals surface area contributed by atoms with Crippen molar-refractivity contribution in [2.45, 2.75) is 0 Å². The molecule has 0 fully saturated rings. The average Bonchev–Trinajstić information content (AvgIpc) is 1.00. The molecule has 0 bridgehead atoms. The topological polar surface area (TPSA) is 160 Å². The number of rotatable bonds is 0. The van der Waals surface area contributed by atoms with Crippen LogP contribution in [0.5, 0.6) is 0 Å². The zero-order chi connectivity index (χ0) is 2.00. The Balaban J connectivity index is -0.000000000238. The van der Waals surface area contributed by atoms with Crippen LogP contribution in [0.2, 0.25) is 0 Å². The van der Waals surface area contributed by atoms with Gasteiger partial charge in [0.2, 0.25) is 0 Å². The van der Waals surface area contributed by atoms with Crippen LogP contribution in [-0.4, -0.2) is 25.8 Å². The maximum Gasteiger partial charge on any atom is 5.00 e. The summed E-state index contributed by atoms with van der Waals surface area (Å²) in [7, 11) is 0. The second kappa shape index (κ2) is 256. The standard InChI is InChI=1S/6O.Pb.2V/q;5*-2;;2*+5. The molecule has 0 aromatic carbocycles. The van der Waals surface area contributed by atoms with E-state index in [1.165, 1.54) is 0 Å². The van der Waals surface area contributed by atoms with Crippen molar-refractivity contribution in [3.8, 4) is 0 Å². The third-order valence-corrected chi connectivity index (χ3v) is 0. The molecule has 0 aromatic rings. The van der Waals surface area contributed by atoms with Crippen molar-refractivity contribution in [1.29, 1.82) is 0 Å². The molecule has 0 spiro atoms. The smallest absolute Gasteiger partial charge is 5.00 e. The van der Waals surface area contributed by atoms with Crippen molar-refractivity contribution in [2.75, 3.05) is 0 Å². The maximum absolute atomic E-state index is 8.39. The normalized spacial score (nSPS) is 0.444. The molecule has 2 radical (unpaired) electrons. The minimum absolute atomic E-state index is 0. The molecule has 9 heteroatoms. The van der Waals surface area contributed by atoms with E-state index in [1.807, 2.05) is 0 Å². The van der Waals surface area contributed by atoms with E-state index in [4.69, 9.17) is 2.69 Å². The molecule has 50 valence electrons. The van der Waals surface area contributed by atoms with E-state index in [0.717, 1.165) is 0 Å². The van der Waals surface area contributed by atoms with Crippen LogP contribution in [0.25, 0.3) is 0 Å². The van der Waals surface area contributed by atoms with Crippen molar-refractivity contribution in [1.82, 2.24) is 0 Å². The second-order valence-corrected chi connectivity index (χ2v) is 0. The van der Waals surface area contributed by atoms with Gasteiger partial charge in [-0.15, -0.1) is 0 Å². The first-order valence-electron chi connectivity index (χ1n) is 0.204. The Labute approximate surface area is 92.2 Å². The van der Waals surface area contributed by atoms with Crippen LogP contribution in [-0.2, 0) is 67.2 Å². The molecule has 0 amide bonds. The average molecular weight is 405 g/mol. The maximum atomic E-state index is 8.39. The van der Waals surface area contributed by atoms with Gasteiger partial charge in [-0.25, -0.2) is 0 Å². The summed E-state index contributed by atoms with van der Waals surface area (Å²) in [5, 5.41) is 0.